The molecule has 0 radical (unpaired) electrons. The van der Waals surface area contributed by atoms with Crippen molar-refractivity contribution in [3.63, 3.8) is 0 Å². The molecule has 1 saturated carbocycles. The number of hydrogen-bond acceptors (Lipinski definition) is 3. The first kappa shape index (κ1) is 14.3. The minimum atomic E-state index is -0.344. The van der Waals surface area contributed by atoms with E-state index in [1.54, 1.807) is 12.1 Å². The lowest BCUT2D eigenvalue weighted by Gasteiger charge is -2.36. The Balaban J connectivity index is 2.08. The van der Waals surface area contributed by atoms with Gasteiger partial charge in [0.2, 0.25) is 0 Å². The fourth-order valence-corrected chi connectivity index (χ4v) is 2.34. The van der Waals surface area contributed by atoms with Crippen molar-refractivity contribution in [1.29, 1.82) is 0 Å². The maximum atomic E-state index is 13.3. The van der Waals surface area contributed by atoms with Gasteiger partial charge in [0, 0.05) is 24.8 Å². The summed E-state index contributed by atoms with van der Waals surface area (Å²) in [5.41, 5.74) is 0.517. The molecule has 4 heteroatoms. The smallest absolute Gasteiger partial charge is 0.125 e. The highest BCUT2D eigenvalue weighted by molar-refractivity contribution is 5.46. The fourth-order valence-electron chi connectivity index (χ4n) is 2.34. The van der Waals surface area contributed by atoms with Gasteiger partial charge in [0.05, 0.1) is 12.1 Å². The molecule has 2 N–H and O–H groups in total. The van der Waals surface area contributed by atoms with Gasteiger partial charge in [0.25, 0.3) is 0 Å². The number of aliphatic hydroxyl groups is 1. The number of anilines is 1. The third-order valence-corrected chi connectivity index (χ3v) is 3.57. The zero-order valence-electron chi connectivity index (χ0n) is 11.7. The van der Waals surface area contributed by atoms with Crippen LogP contribution in [0.25, 0.3) is 0 Å². The van der Waals surface area contributed by atoms with Crippen molar-refractivity contribution in [2.24, 2.45) is 0 Å². The highest BCUT2D eigenvalue weighted by Crippen LogP contribution is 2.24. The summed E-state index contributed by atoms with van der Waals surface area (Å²) in [6.07, 6.45) is 2.36. The largest absolute Gasteiger partial charge is 0.394 e. The van der Waals surface area contributed by atoms with E-state index in [2.05, 4.69) is 10.2 Å². The van der Waals surface area contributed by atoms with E-state index in [0.29, 0.717) is 12.6 Å². The van der Waals surface area contributed by atoms with Gasteiger partial charge in [-0.2, -0.15) is 0 Å². The van der Waals surface area contributed by atoms with E-state index in [0.717, 1.165) is 12.2 Å². The second-order valence-electron chi connectivity index (χ2n) is 5.63. The number of nitrogens with zero attached hydrogens (tertiary/aromatic N) is 1. The van der Waals surface area contributed by atoms with E-state index in [-0.39, 0.29) is 18.0 Å². The van der Waals surface area contributed by atoms with Gasteiger partial charge in [0.1, 0.15) is 5.82 Å². The van der Waals surface area contributed by atoms with Gasteiger partial charge in [0.15, 0.2) is 0 Å². The minimum Gasteiger partial charge on any atom is -0.394 e. The average Bonchev–Trinajstić information content (AvgIpc) is 3.20. The molecule has 3 nitrogen and oxygen atoms in total. The molecule has 0 spiro atoms. The summed E-state index contributed by atoms with van der Waals surface area (Å²) in [6.45, 7) is 5.59. The molecule has 0 bridgehead atoms. The van der Waals surface area contributed by atoms with Crippen LogP contribution in [0.5, 0.6) is 0 Å². The van der Waals surface area contributed by atoms with E-state index in [9.17, 15) is 9.50 Å². The Morgan fingerprint density at radius 1 is 1.47 bits per heavy atom. The number of rotatable bonds is 7. The van der Waals surface area contributed by atoms with Crippen molar-refractivity contribution in [3.05, 3.63) is 30.1 Å². The van der Waals surface area contributed by atoms with Crippen LogP contribution in [0.1, 0.15) is 26.7 Å². The maximum Gasteiger partial charge on any atom is 0.125 e. The first-order valence-electron chi connectivity index (χ1n) is 6.95. The molecule has 0 aliphatic heterocycles. The summed E-state index contributed by atoms with van der Waals surface area (Å²) in [6, 6.07) is 7.14. The van der Waals surface area contributed by atoms with Gasteiger partial charge in [-0.15, -0.1) is 0 Å². The number of aliphatic hydroxyl groups excluding tert-OH is 1. The summed E-state index contributed by atoms with van der Waals surface area (Å²) >= 11 is 0. The minimum absolute atomic E-state index is 0.0787. The van der Waals surface area contributed by atoms with E-state index in [1.807, 2.05) is 19.9 Å². The van der Waals surface area contributed by atoms with Gasteiger partial charge < -0.3 is 15.3 Å². The second-order valence-corrected chi connectivity index (χ2v) is 5.63. The molecule has 1 aliphatic rings. The van der Waals surface area contributed by atoms with E-state index < -0.39 is 0 Å². The van der Waals surface area contributed by atoms with Crippen molar-refractivity contribution < 1.29 is 9.50 Å². The van der Waals surface area contributed by atoms with Gasteiger partial charge in [-0.05, 0) is 44.9 Å². The van der Waals surface area contributed by atoms with Gasteiger partial charge in [-0.3, -0.25) is 0 Å². The molecule has 0 amide bonds. The van der Waals surface area contributed by atoms with E-state index in [1.165, 1.54) is 18.9 Å². The Morgan fingerprint density at radius 2 is 2.21 bits per heavy atom. The highest BCUT2D eigenvalue weighted by atomic mass is 19.1. The zero-order chi connectivity index (χ0) is 13.9. The Morgan fingerprint density at radius 3 is 2.74 bits per heavy atom. The SMILES string of the molecule is CCN(CC(C)(CO)NC1CC1)c1cccc(F)c1. The van der Waals surface area contributed by atoms with E-state index >= 15 is 0 Å². The summed E-state index contributed by atoms with van der Waals surface area (Å²) in [5.74, 6) is -0.225. The van der Waals surface area contributed by atoms with Gasteiger partial charge in [-0.25, -0.2) is 4.39 Å². The standard InChI is InChI=1S/C15H23FN2O/c1-3-18(14-6-4-5-12(16)9-14)10-15(2,11-19)17-13-7-8-13/h4-6,9,13,17,19H,3,7-8,10-11H2,1-2H3. The van der Waals surface area contributed by atoms with Crippen molar-refractivity contribution in [2.45, 2.75) is 38.3 Å². The normalized spacial score (nSPS) is 18.1. The van der Waals surface area contributed by atoms with Crippen LogP contribution in [-0.2, 0) is 0 Å². The zero-order valence-corrected chi connectivity index (χ0v) is 11.7. The second kappa shape index (κ2) is 5.88. The predicted octanol–water partition coefficient (Wildman–Crippen LogP) is 2.15. The summed E-state index contributed by atoms with van der Waals surface area (Å²) in [4.78, 5) is 2.09. The van der Waals surface area contributed by atoms with Crippen LogP contribution in [0.15, 0.2) is 24.3 Å². The van der Waals surface area contributed by atoms with Gasteiger partial charge >= 0.3 is 0 Å². The Kier molecular flexibility index (Phi) is 4.42. The van der Waals surface area contributed by atoms with Crippen LogP contribution in [0.4, 0.5) is 10.1 Å². The number of nitrogens with one attached hydrogen (secondary N) is 1. The molecule has 1 aromatic rings. The number of likely N-dealkylation sites (N-methyl/N-ethyl adjacent to an activating group) is 1. The fraction of sp³-hybridized carbons (Fsp3) is 0.600. The highest BCUT2D eigenvalue weighted by Gasteiger charge is 2.33. The Bertz CT molecular complexity index is 422. The Hall–Kier alpha value is -1.13. The molecule has 1 aromatic carbocycles. The lowest BCUT2D eigenvalue weighted by Crippen LogP contribution is -2.55. The number of hydrogen-bond donors (Lipinski definition) is 2. The molecule has 1 unspecified atom stereocenters. The molecule has 0 heterocycles. The van der Waals surface area contributed by atoms with Crippen LogP contribution in [-0.4, -0.2) is 36.4 Å². The van der Waals surface area contributed by atoms with Crippen molar-refractivity contribution >= 4 is 5.69 Å². The Labute approximate surface area is 114 Å². The van der Waals surface area contributed by atoms with Crippen LogP contribution in [0.3, 0.4) is 0 Å². The molecule has 2 rings (SSSR count). The third-order valence-electron chi connectivity index (χ3n) is 3.57. The quantitative estimate of drug-likeness (QED) is 0.794. The van der Waals surface area contributed by atoms with Crippen molar-refractivity contribution in [1.82, 2.24) is 5.32 Å². The van der Waals surface area contributed by atoms with Crippen molar-refractivity contribution in [3.8, 4) is 0 Å². The molecule has 1 aliphatic carbocycles. The molecule has 1 fully saturated rings. The number of benzene rings is 1. The lowest BCUT2D eigenvalue weighted by molar-refractivity contribution is 0.176. The van der Waals surface area contributed by atoms with Gasteiger partial charge in [-0.1, -0.05) is 6.07 Å². The molecular formula is C15H23FN2O. The van der Waals surface area contributed by atoms with E-state index in [4.69, 9.17) is 0 Å². The summed E-state index contributed by atoms with van der Waals surface area (Å²) in [5, 5.41) is 13.1. The lowest BCUT2D eigenvalue weighted by atomic mass is 10.0. The topological polar surface area (TPSA) is 35.5 Å². The first-order chi connectivity index (χ1) is 9.06. The molecule has 0 saturated heterocycles. The molecule has 19 heavy (non-hydrogen) atoms. The average molecular weight is 266 g/mol. The maximum absolute atomic E-state index is 13.3. The van der Waals surface area contributed by atoms with Crippen LogP contribution < -0.4 is 10.2 Å². The number of halogens is 1. The van der Waals surface area contributed by atoms with Crippen molar-refractivity contribution in [2.75, 3.05) is 24.6 Å². The predicted molar refractivity (Wildman–Crippen MR) is 75.9 cm³/mol. The van der Waals surface area contributed by atoms with Crippen LogP contribution in [0, 0.1) is 5.82 Å². The summed E-state index contributed by atoms with van der Waals surface area (Å²) in [7, 11) is 0. The summed E-state index contributed by atoms with van der Waals surface area (Å²) < 4.78 is 13.3. The third kappa shape index (κ3) is 3.91. The van der Waals surface area contributed by atoms with Crippen LogP contribution in [0.2, 0.25) is 0 Å². The monoisotopic (exact) mass is 266 g/mol. The van der Waals surface area contributed by atoms with Crippen LogP contribution >= 0.6 is 0 Å². The first-order valence-corrected chi connectivity index (χ1v) is 6.95. The molecule has 106 valence electrons. The molecule has 0 aromatic heterocycles. The molecular weight excluding hydrogens is 243 g/mol. The molecule has 1 atom stereocenters.